The summed E-state index contributed by atoms with van der Waals surface area (Å²) in [6.07, 6.45) is 2.60. The highest BCUT2D eigenvalue weighted by molar-refractivity contribution is 8.00. The molecule has 1 amide bonds. The van der Waals surface area contributed by atoms with E-state index in [0.717, 1.165) is 6.42 Å². The van der Waals surface area contributed by atoms with Crippen LogP contribution in [0.5, 0.6) is 0 Å². The van der Waals surface area contributed by atoms with E-state index in [0.29, 0.717) is 28.4 Å². The molecule has 0 fully saturated rings. The summed E-state index contributed by atoms with van der Waals surface area (Å²) in [5, 5.41) is 8.00. The quantitative estimate of drug-likeness (QED) is 0.427. The van der Waals surface area contributed by atoms with Gasteiger partial charge in [0.05, 0.1) is 28.4 Å². The van der Waals surface area contributed by atoms with Gasteiger partial charge in [0.25, 0.3) is 5.56 Å². The van der Waals surface area contributed by atoms with E-state index < -0.39 is 5.25 Å². The molecule has 2 atom stereocenters. The van der Waals surface area contributed by atoms with Crippen LogP contribution in [0.15, 0.2) is 46.5 Å². The fraction of sp³-hybridized carbons (Fsp3) is 0.455. The first-order valence-electron chi connectivity index (χ1n) is 10.3. The van der Waals surface area contributed by atoms with Crippen LogP contribution >= 0.6 is 11.8 Å². The molecule has 3 aromatic rings. The number of anilines is 1. The maximum Gasteiger partial charge on any atom is 0.262 e. The van der Waals surface area contributed by atoms with Crippen molar-refractivity contribution in [2.75, 3.05) is 5.32 Å². The molecule has 0 aliphatic heterocycles. The van der Waals surface area contributed by atoms with Gasteiger partial charge in [-0.25, -0.2) is 9.67 Å². The van der Waals surface area contributed by atoms with Crippen molar-refractivity contribution in [3.63, 3.8) is 0 Å². The molecular weight excluding hydrogens is 398 g/mol. The zero-order valence-corrected chi connectivity index (χ0v) is 18.9. The zero-order chi connectivity index (χ0) is 21.8. The Kier molecular flexibility index (Phi) is 6.97. The monoisotopic (exact) mass is 427 g/mol. The van der Waals surface area contributed by atoms with Crippen molar-refractivity contribution in [2.45, 2.75) is 64.0 Å². The second kappa shape index (κ2) is 9.47. The average Bonchev–Trinajstić information content (AvgIpc) is 3.18. The fourth-order valence-electron chi connectivity index (χ4n) is 3.14. The molecule has 3 rings (SSSR count). The van der Waals surface area contributed by atoms with Crippen LogP contribution in [0.25, 0.3) is 10.9 Å². The van der Waals surface area contributed by atoms with E-state index in [1.54, 1.807) is 22.9 Å². The third-order valence-corrected chi connectivity index (χ3v) is 6.05. The lowest BCUT2D eigenvalue weighted by Gasteiger charge is -2.18. The molecule has 1 aromatic carbocycles. The van der Waals surface area contributed by atoms with Crippen molar-refractivity contribution >= 4 is 34.4 Å². The summed E-state index contributed by atoms with van der Waals surface area (Å²) < 4.78 is 3.50. The van der Waals surface area contributed by atoms with Crippen molar-refractivity contribution < 1.29 is 4.79 Å². The molecule has 0 unspecified atom stereocenters. The van der Waals surface area contributed by atoms with Gasteiger partial charge in [0.15, 0.2) is 5.16 Å². The van der Waals surface area contributed by atoms with Gasteiger partial charge >= 0.3 is 0 Å². The highest BCUT2D eigenvalue weighted by Crippen LogP contribution is 2.25. The van der Waals surface area contributed by atoms with E-state index in [9.17, 15) is 9.59 Å². The van der Waals surface area contributed by atoms with Crippen LogP contribution in [0.2, 0.25) is 0 Å². The third kappa shape index (κ3) is 4.75. The van der Waals surface area contributed by atoms with E-state index in [-0.39, 0.29) is 23.4 Å². The van der Waals surface area contributed by atoms with Gasteiger partial charge in [0.1, 0.15) is 5.82 Å². The van der Waals surface area contributed by atoms with Gasteiger partial charge in [-0.3, -0.25) is 14.2 Å². The first kappa shape index (κ1) is 22.1. The second-order valence-corrected chi connectivity index (χ2v) is 9.20. The Balaban J connectivity index is 1.87. The predicted molar refractivity (Wildman–Crippen MR) is 122 cm³/mol. The normalized spacial score (nSPS) is 13.5. The summed E-state index contributed by atoms with van der Waals surface area (Å²) >= 11 is 1.30. The molecule has 0 aliphatic carbocycles. The van der Waals surface area contributed by atoms with Crippen molar-refractivity contribution in [3.05, 3.63) is 46.9 Å². The van der Waals surface area contributed by atoms with Crippen LogP contribution in [0.4, 0.5) is 5.82 Å². The molecule has 30 heavy (non-hydrogen) atoms. The van der Waals surface area contributed by atoms with E-state index >= 15 is 0 Å². The zero-order valence-electron chi connectivity index (χ0n) is 18.1. The van der Waals surface area contributed by atoms with Gasteiger partial charge in [-0.15, -0.1) is 0 Å². The Labute approximate surface area is 180 Å². The first-order valence-corrected chi connectivity index (χ1v) is 11.2. The maximum atomic E-state index is 13.0. The number of aromatic nitrogens is 4. The van der Waals surface area contributed by atoms with Crippen LogP contribution < -0.4 is 10.9 Å². The fourth-order valence-corrected chi connectivity index (χ4v) is 4.06. The largest absolute Gasteiger partial charge is 0.310 e. The molecule has 0 aliphatic rings. The van der Waals surface area contributed by atoms with E-state index in [4.69, 9.17) is 4.98 Å². The number of nitrogens with zero attached hydrogens (tertiary/aromatic N) is 4. The number of nitrogens with one attached hydrogen (secondary N) is 1. The second-order valence-electron chi connectivity index (χ2n) is 7.89. The van der Waals surface area contributed by atoms with Gasteiger partial charge in [-0.05, 0) is 38.3 Å². The Morgan fingerprint density at radius 2 is 1.90 bits per heavy atom. The molecule has 0 saturated heterocycles. The topological polar surface area (TPSA) is 81.8 Å². The van der Waals surface area contributed by atoms with Crippen molar-refractivity contribution in [1.29, 1.82) is 0 Å². The minimum atomic E-state index is -0.434. The molecule has 2 aromatic heterocycles. The van der Waals surface area contributed by atoms with Crippen molar-refractivity contribution in [3.8, 4) is 0 Å². The number of hydrogen-bond acceptors (Lipinski definition) is 5. The van der Waals surface area contributed by atoms with Crippen LogP contribution in [-0.2, 0) is 11.3 Å². The van der Waals surface area contributed by atoms with E-state index in [1.807, 2.05) is 29.8 Å². The number of fused-ring (bicyclic) bond motifs is 1. The summed E-state index contributed by atoms with van der Waals surface area (Å²) in [7, 11) is 0. The van der Waals surface area contributed by atoms with Gasteiger partial charge < -0.3 is 5.32 Å². The predicted octanol–water partition coefficient (Wildman–Crippen LogP) is 4.34. The van der Waals surface area contributed by atoms with Crippen molar-refractivity contribution in [1.82, 2.24) is 19.3 Å². The smallest absolute Gasteiger partial charge is 0.262 e. The molecule has 0 saturated carbocycles. The first-order chi connectivity index (χ1) is 14.3. The highest BCUT2D eigenvalue weighted by atomic mass is 32.2. The van der Waals surface area contributed by atoms with Gasteiger partial charge in [-0.1, -0.05) is 44.7 Å². The Bertz CT molecular complexity index is 1090. The number of para-hydroxylation sites is 1. The number of amides is 1. The molecule has 0 radical (unpaired) electrons. The standard InChI is InChI=1S/C22H29N5O2S/c1-6-15(4)27-19(11-12-23-27)25-20(28)16(5)30-22-24-18-10-8-7-9-17(18)21(29)26(22)13-14(2)3/h7-12,14-16H,6,13H2,1-5H3,(H,25,28)/t15-,16-/m1/s1. The molecule has 0 bridgehead atoms. The molecule has 7 nitrogen and oxygen atoms in total. The third-order valence-electron chi connectivity index (χ3n) is 4.96. The van der Waals surface area contributed by atoms with Crippen LogP contribution in [0.3, 0.4) is 0 Å². The Morgan fingerprint density at radius 1 is 1.17 bits per heavy atom. The minimum Gasteiger partial charge on any atom is -0.310 e. The molecule has 0 spiro atoms. The van der Waals surface area contributed by atoms with Gasteiger partial charge in [0.2, 0.25) is 5.91 Å². The number of hydrogen-bond donors (Lipinski definition) is 1. The number of thioether (sulfide) groups is 1. The average molecular weight is 428 g/mol. The number of benzene rings is 1. The Morgan fingerprint density at radius 3 is 2.60 bits per heavy atom. The lowest BCUT2D eigenvalue weighted by atomic mass is 10.2. The van der Waals surface area contributed by atoms with Gasteiger partial charge in [0, 0.05) is 12.6 Å². The summed E-state index contributed by atoms with van der Waals surface area (Å²) in [4.78, 5) is 30.6. The molecule has 2 heterocycles. The maximum absolute atomic E-state index is 13.0. The van der Waals surface area contributed by atoms with Crippen LogP contribution in [0, 0.1) is 5.92 Å². The lowest BCUT2D eigenvalue weighted by molar-refractivity contribution is -0.115. The molecule has 1 N–H and O–H groups in total. The van der Waals surface area contributed by atoms with Crippen molar-refractivity contribution in [2.24, 2.45) is 5.92 Å². The number of rotatable bonds is 8. The Hall–Kier alpha value is -2.61. The van der Waals surface area contributed by atoms with Crippen LogP contribution in [0.1, 0.15) is 47.1 Å². The SMILES string of the molecule is CC[C@@H](C)n1nccc1NC(=O)[C@@H](C)Sc1nc2ccccc2c(=O)n1CC(C)C. The summed E-state index contributed by atoms with van der Waals surface area (Å²) in [6, 6.07) is 9.32. The molecule has 160 valence electrons. The minimum absolute atomic E-state index is 0.0701. The van der Waals surface area contributed by atoms with E-state index in [1.165, 1.54) is 11.8 Å². The van der Waals surface area contributed by atoms with E-state index in [2.05, 4.69) is 38.1 Å². The van der Waals surface area contributed by atoms with Gasteiger partial charge in [-0.2, -0.15) is 5.10 Å². The number of carbonyl (C=O) groups excluding carboxylic acids is 1. The highest BCUT2D eigenvalue weighted by Gasteiger charge is 2.21. The summed E-state index contributed by atoms with van der Waals surface area (Å²) in [5.41, 5.74) is 0.576. The van der Waals surface area contributed by atoms with Crippen LogP contribution in [-0.4, -0.2) is 30.5 Å². The summed E-state index contributed by atoms with van der Waals surface area (Å²) in [5.74, 6) is 0.801. The molecular formula is C22H29N5O2S. The summed E-state index contributed by atoms with van der Waals surface area (Å²) in [6.45, 7) is 10.6. The number of carbonyl (C=O) groups is 1. The lowest BCUT2D eigenvalue weighted by Crippen LogP contribution is -2.29. The molecule has 8 heteroatoms.